The Hall–Kier alpha value is -7.05. The van der Waals surface area contributed by atoms with Gasteiger partial charge >= 0.3 is 0 Å². The van der Waals surface area contributed by atoms with Crippen molar-refractivity contribution in [3.63, 3.8) is 0 Å². The number of non-ortho nitro benzene ring substituents is 1. The van der Waals surface area contributed by atoms with E-state index in [0.29, 0.717) is 17.9 Å². The smallest absolute Gasteiger partial charge is 0.269 e. The van der Waals surface area contributed by atoms with Crippen LogP contribution in [0.1, 0.15) is 68.1 Å². The summed E-state index contributed by atoms with van der Waals surface area (Å²) in [5, 5.41) is 27.4. The van der Waals surface area contributed by atoms with Gasteiger partial charge in [0.25, 0.3) is 11.6 Å². The molecule has 1 saturated heterocycles. The molecule has 1 aromatic heterocycles. The summed E-state index contributed by atoms with van der Waals surface area (Å²) in [6.07, 6.45) is 4.50. The number of likely N-dealkylation sites (tertiary alicyclic amines) is 1. The number of aryl methyl sites for hydroxylation is 1. The number of aromatic nitrogens is 1. The van der Waals surface area contributed by atoms with Gasteiger partial charge in [-0.1, -0.05) is 87.5 Å². The second-order valence-corrected chi connectivity index (χ2v) is 19.1. The minimum Gasteiger partial charge on any atom is -0.491 e. The Kier molecular flexibility index (Phi) is 16.7. The Morgan fingerprint density at radius 2 is 1.64 bits per heavy atom. The number of para-hydroxylation sites is 1. The van der Waals surface area contributed by atoms with E-state index in [4.69, 9.17) is 14.2 Å². The average Bonchev–Trinajstić information content (AvgIpc) is 4.03. The molecule has 4 atom stereocenters. The van der Waals surface area contributed by atoms with Crippen LogP contribution in [0.4, 0.5) is 11.4 Å². The van der Waals surface area contributed by atoms with E-state index in [2.05, 4.69) is 15.6 Å². The standard InChI is InChI=1S/C53H58N6O10S/c1-34(38-17-19-39(20-18-38)48-35(2)54-33-70-48)55-50(62)46-29-41(60)31-58(46)52(64)49(53(3,4)5)56-47(61)32-68-26-25-67-27-28-69-42-23-15-37(16-24-42)30-57-45-12-7-6-10-43(45)44(51(57)63)11-8-9-36-13-21-40(22-14-36)59(65)66/h6-24,33-34,41,46,49,60H,25-32H2,1-5H3,(H,55,62)(H,56,61)/b9-8+,44-11+/t34?,41-,46+,49?/m1/s1. The lowest BCUT2D eigenvalue weighted by molar-refractivity contribution is -0.384. The van der Waals surface area contributed by atoms with Gasteiger partial charge in [-0.2, -0.15) is 0 Å². The fourth-order valence-corrected chi connectivity index (χ4v) is 9.09. The number of nitrogens with one attached hydrogen (secondary N) is 2. The number of aliphatic hydroxyl groups is 1. The molecule has 17 heteroatoms. The largest absolute Gasteiger partial charge is 0.491 e. The molecule has 366 valence electrons. The van der Waals surface area contributed by atoms with Crippen LogP contribution in [0.25, 0.3) is 22.1 Å². The van der Waals surface area contributed by atoms with Gasteiger partial charge in [0, 0.05) is 36.2 Å². The van der Waals surface area contributed by atoms with E-state index in [1.54, 1.807) is 46.6 Å². The number of nitro benzene ring substituents is 1. The number of nitro groups is 1. The summed E-state index contributed by atoms with van der Waals surface area (Å²) in [4.78, 5) is 73.4. The molecule has 3 heterocycles. The number of aliphatic hydroxyl groups excluding tert-OH is 1. The molecule has 4 aromatic carbocycles. The van der Waals surface area contributed by atoms with Crippen LogP contribution in [0.5, 0.6) is 5.75 Å². The van der Waals surface area contributed by atoms with E-state index in [0.717, 1.165) is 44.1 Å². The number of carbonyl (C=O) groups is 4. The van der Waals surface area contributed by atoms with Crippen LogP contribution in [-0.2, 0) is 35.2 Å². The first-order valence-corrected chi connectivity index (χ1v) is 24.0. The monoisotopic (exact) mass is 970 g/mol. The molecular formula is C53H58N6O10S. The number of carbonyl (C=O) groups excluding carboxylic acids is 4. The lowest BCUT2D eigenvalue weighted by Gasteiger charge is -2.35. The number of β-amino-alcohol motifs (C(OH)–C–C–N with tert-alkyl or cyclic N) is 1. The molecular weight excluding hydrogens is 913 g/mol. The molecule has 2 unspecified atom stereocenters. The van der Waals surface area contributed by atoms with Crippen molar-refractivity contribution >= 4 is 58.0 Å². The molecule has 0 radical (unpaired) electrons. The van der Waals surface area contributed by atoms with Gasteiger partial charge in [0.2, 0.25) is 17.7 Å². The Labute approximate surface area is 411 Å². The van der Waals surface area contributed by atoms with Crippen LogP contribution >= 0.6 is 11.3 Å². The van der Waals surface area contributed by atoms with Gasteiger partial charge in [0.15, 0.2) is 0 Å². The third-order valence-corrected chi connectivity index (χ3v) is 13.0. The zero-order chi connectivity index (χ0) is 50.0. The summed E-state index contributed by atoms with van der Waals surface area (Å²) < 4.78 is 17.1. The molecule has 16 nitrogen and oxygen atoms in total. The third-order valence-electron chi connectivity index (χ3n) is 12.0. The van der Waals surface area contributed by atoms with Gasteiger partial charge in [-0.05, 0) is 77.9 Å². The first kappa shape index (κ1) is 50.8. The van der Waals surface area contributed by atoms with E-state index >= 15 is 0 Å². The highest BCUT2D eigenvalue weighted by molar-refractivity contribution is 7.13. The maximum atomic E-state index is 14.0. The summed E-state index contributed by atoms with van der Waals surface area (Å²) in [6, 6.07) is 26.9. The fraction of sp³-hybridized carbons (Fsp3) is 0.340. The maximum Gasteiger partial charge on any atom is 0.269 e. The highest BCUT2D eigenvalue weighted by atomic mass is 32.1. The van der Waals surface area contributed by atoms with Crippen molar-refractivity contribution in [1.29, 1.82) is 0 Å². The van der Waals surface area contributed by atoms with Crippen molar-refractivity contribution in [3.8, 4) is 16.2 Å². The molecule has 2 aliphatic rings. The number of hydrogen-bond acceptors (Lipinski definition) is 12. The molecule has 70 heavy (non-hydrogen) atoms. The van der Waals surface area contributed by atoms with E-state index in [-0.39, 0.29) is 69.5 Å². The fourth-order valence-electron chi connectivity index (χ4n) is 8.28. The van der Waals surface area contributed by atoms with Crippen LogP contribution < -0.4 is 20.3 Å². The minimum absolute atomic E-state index is 0.0108. The van der Waals surface area contributed by atoms with Gasteiger partial charge in [-0.25, -0.2) is 4.98 Å². The first-order valence-electron chi connectivity index (χ1n) is 23.1. The highest BCUT2D eigenvalue weighted by Gasteiger charge is 2.45. The lowest BCUT2D eigenvalue weighted by Crippen LogP contribution is -2.58. The number of nitrogens with zero attached hydrogens (tertiary/aromatic N) is 4. The van der Waals surface area contributed by atoms with Crippen molar-refractivity contribution in [3.05, 3.63) is 153 Å². The highest BCUT2D eigenvalue weighted by Crippen LogP contribution is 2.38. The van der Waals surface area contributed by atoms with Crippen molar-refractivity contribution < 1.29 is 43.4 Å². The van der Waals surface area contributed by atoms with E-state index in [1.807, 2.05) is 113 Å². The number of rotatable bonds is 20. The Balaban J connectivity index is 0.813. The predicted octanol–water partition coefficient (Wildman–Crippen LogP) is 7.45. The van der Waals surface area contributed by atoms with Gasteiger partial charge in [-0.3, -0.25) is 29.3 Å². The Morgan fingerprint density at radius 3 is 2.33 bits per heavy atom. The second kappa shape index (κ2) is 23.0. The average molecular weight is 971 g/mol. The quantitative estimate of drug-likeness (QED) is 0.0303. The number of benzene rings is 4. The Bertz CT molecular complexity index is 2710. The molecule has 0 aliphatic carbocycles. The summed E-state index contributed by atoms with van der Waals surface area (Å²) in [6.45, 7) is 10.1. The Morgan fingerprint density at radius 1 is 0.943 bits per heavy atom. The van der Waals surface area contributed by atoms with E-state index in [1.165, 1.54) is 17.0 Å². The number of anilines is 1. The SMILES string of the molecule is Cc1ncsc1-c1ccc(C(C)NC(=O)[C@@H]2C[C@@H](O)CN2C(=O)C(NC(=O)COCCOCCOc2ccc(CN3C(=O)/C(=C/C=C/c4ccc([N+](=O)[O-])cc4)c4ccccc43)cc2)C(C)(C)C)cc1. The maximum absolute atomic E-state index is 14.0. The third kappa shape index (κ3) is 12.8. The molecule has 4 amide bonds. The van der Waals surface area contributed by atoms with Crippen molar-refractivity contribution in [1.82, 2.24) is 20.5 Å². The van der Waals surface area contributed by atoms with Crippen LogP contribution in [0.3, 0.4) is 0 Å². The summed E-state index contributed by atoms with van der Waals surface area (Å²) in [7, 11) is 0. The molecule has 2 aliphatic heterocycles. The summed E-state index contributed by atoms with van der Waals surface area (Å²) in [5.74, 6) is -0.861. The van der Waals surface area contributed by atoms with Gasteiger partial charge < -0.3 is 39.8 Å². The van der Waals surface area contributed by atoms with Crippen molar-refractivity contribution in [2.24, 2.45) is 5.41 Å². The topological polar surface area (TPSA) is 203 Å². The summed E-state index contributed by atoms with van der Waals surface area (Å²) >= 11 is 1.57. The van der Waals surface area contributed by atoms with Crippen LogP contribution in [-0.4, -0.2) is 101 Å². The van der Waals surface area contributed by atoms with Crippen LogP contribution in [0.2, 0.25) is 0 Å². The zero-order valence-corrected chi connectivity index (χ0v) is 40.6. The van der Waals surface area contributed by atoms with Gasteiger partial charge in [-0.15, -0.1) is 11.3 Å². The molecule has 7 rings (SSSR count). The number of ether oxygens (including phenoxy) is 3. The normalized spacial score (nSPS) is 17.2. The van der Waals surface area contributed by atoms with Gasteiger partial charge in [0.1, 0.15) is 31.0 Å². The molecule has 0 bridgehead atoms. The molecule has 0 spiro atoms. The summed E-state index contributed by atoms with van der Waals surface area (Å²) in [5.41, 5.74) is 7.82. The van der Waals surface area contributed by atoms with E-state index < -0.39 is 40.3 Å². The number of fused-ring (bicyclic) bond motifs is 1. The minimum atomic E-state index is -0.992. The molecule has 0 saturated carbocycles. The van der Waals surface area contributed by atoms with E-state index in [9.17, 15) is 34.4 Å². The predicted molar refractivity (Wildman–Crippen MR) is 268 cm³/mol. The second-order valence-electron chi connectivity index (χ2n) is 18.2. The zero-order valence-electron chi connectivity index (χ0n) is 39.8. The lowest BCUT2D eigenvalue weighted by atomic mass is 9.85. The number of allylic oxidation sites excluding steroid dienone is 2. The van der Waals surface area contributed by atoms with Crippen LogP contribution in [0.15, 0.2) is 115 Å². The molecule has 1 fully saturated rings. The molecule has 5 aromatic rings. The van der Waals surface area contributed by atoms with Crippen LogP contribution in [0, 0.1) is 22.5 Å². The molecule has 3 N–H and O–H groups in total. The number of amides is 4. The first-order chi connectivity index (χ1) is 33.6. The van der Waals surface area contributed by atoms with Crippen molar-refractivity contribution in [2.75, 3.05) is 44.5 Å². The number of hydrogen-bond donors (Lipinski definition) is 3. The number of thiazole rings is 1. The van der Waals surface area contributed by atoms with Crippen molar-refractivity contribution in [2.45, 2.75) is 71.8 Å². The van der Waals surface area contributed by atoms with Gasteiger partial charge in [0.05, 0.1) is 65.2 Å².